The third-order valence-electron chi connectivity index (χ3n) is 10.1. The van der Waals surface area contributed by atoms with Gasteiger partial charge in [0.2, 0.25) is 11.8 Å². The van der Waals surface area contributed by atoms with Gasteiger partial charge in [0.15, 0.2) is 22.1 Å². The topological polar surface area (TPSA) is 260 Å². The molecule has 4 rings (SSSR count). The number of nitrogen functional groups attached to an aromatic ring is 1. The van der Waals surface area contributed by atoms with E-state index in [1.165, 1.54) is 52.4 Å². The lowest BCUT2D eigenvalue weighted by Crippen LogP contribution is -2.40. The molecule has 2 aliphatic rings. The van der Waals surface area contributed by atoms with Gasteiger partial charge in [-0.2, -0.15) is 0 Å². The molecule has 6 N–H and O–H groups in total. The number of unbranched alkanes of at least 4 members (excludes halogenated alkanes) is 5. The number of β-amino-alcohol motifs (C(OH)–C–C–N with tert-alkyl or cyclic N) is 1. The van der Waals surface area contributed by atoms with Crippen LogP contribution in [0.1, 0.15) is 98.1 Å². The van der Waals surface area contributed by atoms with Gasteiger partial charge in [0.05, 0.1) is 37.8 Å². The Bertz CT molecular complexity index is 1680. The second-order valence-corrected chi connectivity index (χ2v) is 19.5. The van der Waals surface area contributed by atoms with Crippen LogP contribution in [0, 0.1) is 0 Å². The Balaban J connectivity index is 1.38. The lowest BCUT2D eigenvalue weighted by molar-refractivity contribution is -0.133. The molecule has 7 atom stereocenters. The number of carbonyl (C=O) groups is 2. The smallest absolute Gasteiger partial charge is 0.359 e. The number of imidazole rings is 1. The maximum absolute atomic E-state index is 13.8. The summed E-state index contributed by atoms with van der Waals surface area (Å²) in [6, 6.07) is -0.624. The predicted molar refractivity (Wildman–Crippen MR) is 197 cm³/mol. The summed E-state index contributed by atoms with van der Waals surface area (Å²) in [5.41, 5.74) is 6.67. The van der Waals surface area contributed by atoms with Gasteiger partial charge in [-0.05, 0) is 47.0 Å². The third kappa shape index (κ3) is 10.8. The highest BCUT2D eigenvalue weighted by atomic mass is 31.2. The van der Waals surface area contributed by atoms with E-state index in [0.717, 1.165) is 32.1 Å². The fourth-order valence-corrected chi connectivity index (χ4v) is 8.19. The minimum Gasteiger partial charge on any atom is -0.391 e. The van der Waals surface area contributed by atoms with E-state index in [1.807, 2.05) is 0 Å². The molecule has 2 unspecified atom stereocenters. The molecule has 2 fully saturated rings. The Hall–Kier alpha value is -2.57. The zero-order valence-electron chi connectivity index (χ0n) is 32.0. The van der Waals surface area contributed by atoms with E-state index in [9.17, 15) is 33.6 Å². The Kier molecular flexibility index (Phi) is 15.2. The number of carbonyl (C=O) groups excluding carboxylic acids is 2. The molecule has 0 aliphatic carbocycles. The molecule has 0 spiro atoms. The van der Waals surface area contributed by atoms with Gasteiger partial charge in [-0.1, -0.05) is 25.7 Å². The standard InChI is InChI=1S/C33H57N7O12P2/c1-32(2,48-6)53(44,45)50-19-25-24(16-28(51-25)40-21-38-29-30(34)36-20-37-31(29)40)52-33(3,4)54(46,47)49-18-22-15-23(41)17-39(22)27(43)14-12-10-8-7-9-11-13-26(42)35-5/h20-25,28,41H,7-19H2,1-6H3,(H,35,42)(H,44,45)(H,46,47)(H2,34,36,37)/t22-,23+,24-,25+,28+/m0/s1. The number of fused-ring (bicyclic) bond motifs is 1. The number of likely N-dealkylation sites (tertiary alicyclic amines) is 1. The second kappa shape index (κ2) is 18.6. The minimum absolute atomic E-state index is 0.0275. The van der Waals surface area contributed by atoms with E-state index >= 15 is 0 Å². The summed E-state index contributed by atoms with van der Waals surface area (Å²) in [4.78, 5) is 60.4. The van der Waals surface area contributed by atoms with E-state index in [1.54, 1.807) is 11.6 Å². The van der Waals surface area contributed by atoms with Gasteiger partial charge in [-0.3, -0.25) is 23.3 Å². The number of methoxy groups -OCH3 is 1. The number of rotatable bonds is 21. The van der Waals surface area contributed by atoms with Crippen molar-refractivity contribution in [3.05, 3.63) is 12.7 Å². The SMILES string of the molecule is CNC(=O)CCCCCCCCC(=O)N1C[C@H](O)C[C@H]1COP(=O)(O)C(C)(C)O[C@H]1C[C@H](n2cnc3c(N)ncnc32)O[C@@H]1COP(=O)(O)C(C)(C)OC. The van der Waals surface area contributed by atoms with Gasteiger partial charge in [0.25, 0.3) is 0 Å². The van der Waals surface area contributed by atoms with Gasteiger partial charge < -0.3 is 54.1 Å². The molecule has 306 valence electrons. The first-order chi connectivity index (χ1) is 25.3. The molecule has 0 radical (unpaired) electrons. The van der Waals surface area contributed by atoms with Crippen molar-refractivity contribution in [1.82, 2.24) is 29.7 Å². The zero-order valence-corrected chi connectivity index (χ0v) is 33.7. The molecule has 2 aliphatic heterocycles. The van der Waals surface area contributed by atoms with Crippen LogP contribution in [-0.2, 0) is 42.0 Å². The van der Waals surface area contributed by atoms with Crippen LogP contribution in [0.3, 0.4) is 0 Å². The average Bonchev–Trinajstić information content (AvgIpc) is 3.83. The Morgan fingerprint density at radius 1 is 0.963 bits per heavy atom. The van der Waals surface area contributed by atoms with Crippen molar-refractivity contribution in [2.45, 2.75) is 133 Å². The van der Waals surface area contributed by atoms with Gasteiger partial charge in [-0.15, -0.1) is 0 Å². The van der Waals surface area contributed by atoms with E-state index in [-0.39, 0.29) is 50.0 Å². The molecule has 54 heavy (non-hydrogen) atoms. The van der Waals surface area contributed by atoms with Crippen LogP contribution in [-0.4, -0.2) is 120 Å². The first-order valence-electron chi connectivity index (χ1n) is 18.3. The highest BCUT2D eigenvalue weighted by Gasteiger charge is 2.50. The predicted octanol–water partition coefficient (Wildman–Crippen LogP) is 3.43. The molecule has 2 saturated heterocycles. The molecule has 2 amide bonds. The van der Waals surface area contributed by atoms with Crippen LogP contribution in [0.2, 0.25) is 0 Å². The fourth-order valence-electron chi connectivity index (χ4n) is 6.34. The van der Waals surface area contributed by atoms with Crippen LogP contribution in [0.25, 0.3) is 11.2 Å². The second-order valence-electron chi connectivity index (χ2n) is 14.7. The fraction of sp³-hybridized carbons (Fsp3) is 0.788. The van der Waals surface area contributed by atoms with Gasteiger partial charge in [-0.25, -0.2) is 15.0 Å². The number of nitrogens with zero attached hydrogens (tertiary/aromatic N) is 5. The minimum atomic E-state index is -4.60. The maximum atomic E-state index is 13.8. The van der Waals surface area contributed by atoms with E-state index in [4.69, 9.17) is 29.0 Å². The molecular weight excluding hydrogens is 748 g/mol. The summed E-state index contributed by atoms with van der Waals surface area (Å²) in [6.07, 6.45) is 5.37. The maximum Gasteiger partial charge on any atom is 0.359 e. The van der Waals surface area contributed by atoms with Crippen LogP contribution in [0.4, 0.5) is 5.82 Å². The number of amides is 2. The quantitative estimate of drug-likeness (QED) is 0.0894. The molecule has 21 heteroatoms. The number of aliphatic hydroxyl groups is 1. The molecule has 19 nitrogen and oxygen atoms in total. The van der Waals surface area contributed by atoms with Crippen molar-refractivity contribution in [3.63, 3.8) is 0 Å². The molecular formula is C33H57N7O12P2. The lowest BCUT2D eigenvalue weighted by atomic mass is 10.1. The van der Waals surface area contributed by atoms with Crippen LogP contribution < -0.4 is 11.1 Å². The first kappa shape index (κ1) is 44.1. The number of hydrogen-bond acceptors (Lipinski definition) is 14. The molecule has 2 aromatic heterocycles. The van der Waals surface area contributed by atoms with Crippen LogP contribution in [0.15, 0.2) is 12.7 Å². The number of ether oxygens (including phenoxy) is 3. The number of aromatic nitrogens is 4. The van der Waals surface area contributed by atoms with Gasteiger partial charge in [0.1, 0.15) is 24.2 Å². The Morgan fingerprint density at radius 2 is 1.59 bits per heavy atom. The zero-order chi connectivity index (χ0) is 39.9. The summed E-state index contributed by atoms with van der Waals surface area (Å²) in [5.74, 6) is 0.0147. The number of aliphatic hydroxyl groups excluding tert-OH is 1. The molecule has 0 aromatic carbocycles. The van der Waals surface area contributed by atoms with Crippen molar-refractivity contribution in [2.24, 2.45) is 0 Å². The highest BCUT2D eigenvalue weighted by Crippen LogP contribution is 2.58. The van der Waals surface area contributed by atoms with E-state index < -0.39 is 63.1 Å². The molecule has 0 saturated carbocycles. The molecule has 0 bridgehead atoms. The lowest BCUT2D eigenvalue weighted by Gasteiger charge is -2.35. The van der Waals surface area contributed by atoms with Crippen molar-refractivity contribution >= 4 is 44.0 Å². The average molecular weight is 806 g/mol. The summed E-state index contributed by atoms with van der Waals surface area (Å²) < 4.78 is 57.3. The number of hydrogen-bond donors (Lipinski definition) is 5. The largest absolute Gasteiger partial charge is 0.391 e. The van der Waals surface area contributed by atoms with Crippen molar-refractivity contribution in [2.75, 3.05) is 39.6 Å². The number of nitrogens with one attached hydrogen (secondary N) is 1. The van der Waals surface area contributed by atoms with Crippen molar-refractivity contribution < 1.29 is 56.9 Å². The summed E-state index contributed by atoms with van der Waals surface area (Å²) in [5, 5.41) is 9.64. The monoisotopic (exact) mass is 805 g/mol. The summed E-state index contributed by atoms with van der Waals surface area (Å²) >= 11 is 0. The van der Waals surface area contributed by atoms with Crippen LogP contribution in [0.5, 0.6) is 0 Å². The van der Waals surface area contributed by atoms with Crippen molar-refractivity contribution in [1.29, 1.82) is 0 Å². The Labute approximate surface area is 315 Å². The van der Waals surface area contributed by atoms with Gasteiger partial charge >= 0.3 is 15.2 Å². The summed E-state index contributed by atoms with van der Waals surface area (Å²) in [6.45, 7) is 4.93. The van der Waals surface area contributed by atoms with E-state index in [2.05, 4.69) is 20.3 Å². The number of nitrogens with two attached hydrogens (primary N) is 1. The van der Waals surface area contributed by atoms with E-state index in [0.29, 0.717) is 24.0 Å². The number of anilines is 1. The van der Waals surface area contributed by atoms with Crippen LogP contribution >= 0.6 is 15.2 Å². The third-order valence-corrected chi connectivity index (χ3v) is 14.1. The highest BCUT2D eigenvalue weighted by molar-refractivity contribution is 7.54. The first-order valence-corrected chi connectivity index (χ1v) is 21.4. The Morgan fingerprint density at radius 3 is 2.26 bits per heavy atom. The molecule has 2 aromatic rings. The molecule has 4 heterocycles. The van der Waals surface area contributed by atoms with Crippen molar-refractivity contribution in [3.8, 4) is 0 Å². The van der Waals surface area contributed by atoms with Gasteiger partial charge in [0, 0.05) is 40.0 Å². The normalized spacial score (nSPS) is 24.5. The summed E-state index contributed by atoms with van der Waals surface area (Å²) in [7, 11) is -6.06.